The van der Waals surface area contributed by atoms with Crippen molar-refractivity contribution in [3.63, 3.8) is 0 Å². The zero-order valence-electron chi connectivity index (χ0n) is 24.6. The maximum atomic E-state index is 14.0. The zero-order chi connectivity index (χ0) is 30.9. The lowest BCUT2D eigenvalue weighted by Gasteiger charge is -2.31. The lowest BCUT2D eigenvalue weighted by Crippen LogP contribution is -2.51. The van der Waals surface area contributed by atoms with Crippen LogP contribution >= 0.6 is 0 Å². The highest BCUT2D eigenvalue weighted by Crippen LogP contribution is 2.21. The molecule has 0 aliphatic carbocycles. The van der Waals surface area contributed by atoms with Crippen LogP contribution in [0.25, 0.3) is 0 Å². The summed E-state index contributed by atoms with van der Waals surface area (Å²) in [5.74, 6) is -1.88. The molecule has 0 aromatic heterocycles. The molecule has 0 fully saturated rings. The molecule has 0 unspecified atom stereocenters. The van der Waals surface area contributed by atoms with Crippen LogP contribution in [0.2, 0.25) is 0 Å². The van der Waals surface area contributed by atoms with E-state index in [0.29, 0.717) is 13.1 Å². The van der Waals surface area contributed by atoms with Crippen LogP contribution in [0.3, 0.4) is 0 Å². The monoisotopic (exact) mass is 601 g/mol. The van der Waals surface area contributed by atoms with E-state index in [9.17, 15) is 27.1 Å². The van der Waals surface area contributed by atoms with Crippen LogP contribution in [0.1, 0.15) is 62.0 Å². The number of nitrogens with one attached hydrogen (secondary N) is 2. The minimum absolute atomic E-state index is 0.0194. The molecular weight excluding hydrogens is 560 g/mol. The number of halogens is 2. The second kappa shape index (κ2) is 14.8. The standard InChI is InChI=1S/C32H41F2N3O4S/c1-5-15-37(16-6-2)31(39)24-11-10-14-28(20-24)42(40,41)36-29(19-23-17-26(33)21-27(34)18-23)30(38)22-35-32(3,4)25-12-8-7-9-13-25/h7-14,17-18,20-21,29-30,35-36,38H,5-6,15-16,19,22H2,1-4H3/t29-,30-/m0/s1. The Balaban J connectivity index is 1.88. The van der Waals surface area contributed by atoms with Gasteiger partial charge in [0.1, 0.15) is 11.6 Å². The Bertz CT molecular complexity index is 1410. The van der Waals surface area contributed by atoms with Crippen molar-refractivity contribution in [1.29, 1.82) is 0 Å². The first-order valence-corrected chi connectivity index (χ1v) is 15.7. The fourth-order valence-corrected chi connectivity index (χ4v) is 6.11. The largest absolute Gasteiger partial charge is 0.390 e. The molecular formula is C32H41F2N3O4S. The molecule has 2 atom stereocenters. The summed E-state index contributed by atoms with van der Waals surface area (Å²) >= 11 is 0. The summed E-state index contributed by atoms with van der Waals surface area (Å²) in [7, 11) is -4.25. The van der Waals surface area contributed by atoms with E-state index in [2.05, 4.69) is 10.0 Å². The second-order valence-corrected chi connectivity index (χ2v) is 12.7. The average Bonchev–Trinajstić information content (AvgIpc) is 2.95. The highest BCUT2D eigenvalue weighted by atomic mass is 32.2. The number of hydrogen-bond donors (Lipinski definition) is 3. The van der Waals surface area contributed by atoms with Gasteiger partial charge in [-0.25, -0.2) is 21.9 Å². The Hall–Kier alpha value is -3.18. The van der Waals surface area contributed by atoms with Gasteiger partial charge in [-0.3, -0.25) is 4.79 Å². The van der Waals surface area contributed by atoms with E-state index in [1.54, 1.807) is 11.0 Å². The molecule has 7 nitrogen and oxygen atoms in total. The van der Waals surface area contributed by atoms with Crippen LogP contribution in [0.4, 0.5) is 8.78 Å². The number of benzene rings is 3. The fourth-order valence-electron chi connectivity index (χ4n) is 4.80. The van der Waals surface area contributed by atoms with Gasteiger partial charge in [-0.05, 0) is 74.6 Å². The Labute approximate surface area is 248 Å². The molecule has 3 aromatic carbocycles. The van der Waals surface area contributed by atoms with E-state index < -0.39 is 39.3 Å². The van der Waals surface area contributed by atoms with E-state index in [1.165, 1.54) is 18.2 Å². The first-order chi connectivity index (χ1) is 19.9. The topological polar surface area (TPSA) is 98.7 Å². The smallest absolute Gasteiger partial charge is 0.253 e. The molecule has 0 spiro atoms. The molecule has 0 saturated carbocycles. The lowest BCUT2D eigenvalue weighted by atomic mass is 9.93. The van der Waals surface area contributed by atoms with Crippen molar-refractivity contribution < 1.29 is 27.1 Å². The number of sulfonamides is 1. The first-order valence-electron chi connectivity index (χ1n) is 14.2. The summed E-state index contributed by atoms with van der Waals surface area (Å²) in [5, 5.41) is 14.5. The molecule has 0 bridgehead atoms. The van der Waals surface area contributed by atoms with Gasteiger partial charge in [-0.1, -0.05) is 50.2 Å². The van der Waals surface area contributed by atoms with Crippen LogP contribution < -0.4 is 10.0 Å². The summed E-state index contributed by atoms with van der Waals surface area (Å²) in [5.41, 5.74) is 0.813. The molecule has 0 heterocycles. The molecule has 0 aliphatic heterocycles. The minimum atomic E-state index is -4.25. The van der Waals surface area contributed by atoms with Crippen LogP contribution in [0.5, 0.6) is 0 Å². The van der Waals surface area contributed by atoms with Crippen LogP contribution in [-0.4, -0.2) is 56.1 Å². The number of nitrogens with zero attached hydrogens (tertiary/aromatic N) is 1. The average molecular weight is 602 g/mol. The first kappa shape index (κ1) is 33.3. The Kier molecular flexibility index (Phi) is 11.8. The Morgan fingerprint density at radius 3 is 2.14 bits per heavy atom. The molecule has 0 saturated heterocycles. The van der Waals surface area contributed by atoms with E-state index in [-0.39, 0.29) is 34.9 Å². The fraction of sp³-hybridized carbons (Fsp3) is 0.406. The van der Waals surface area contributed by atoms with Gasteiger partial charge in [-0.2, -0.15) is 0 Å². The van der Waals surface area contributed by atoms with Gasteiger partial charge in [0.15, 0.2) is 0 Å². The Morgan fingerprint density at radius 2 is 1.55 bits per heavy atom. The molecule has 0 radical (unpaired) electrons. The highest BCUT2D eigenvalue weighted by molar-refractivity contribution is 7.89. The predicted molar refractivity (Wildman–Crippen MR) is 161 cm³/mol. The number of aliphatic hydroxyl groups excluding tert-OH is 1. The van der Waals surface area contributed by atoms with Crippen molar-refractivity contribution in [2.75, 3.05) is 19.6 Å². The molecule has 228 valence electrons. The molecule has 1 amide bonds. The highest BCUT2D eigenvalue weighted by Gasteiger charge is 2.29. The third-order valence-corrected chi connectivity index (χ3v) is 8.55. The van der Waals surface area contributed by atoms with Gasteiger partial charge in [0.05, 0.1) is 17.0 Å². The molecule has 3 rings (SSSR count). The van der Waals surface area contributed by atoms with Crippen molar-refractivity contribution in [2.45, 2.75) is 69.5 Å². The minimum Gasteiger partial charge on any atom is -0.390 e. The Morgan fingerprint density at radius 1 is 0.929 bits per heavy atom. The van der Waals surface area contributed by atoms with Crippen molar-refractivity contribution in [1.82, 2.24) is 14.9 Å². The van der Waals surface area contributed by atoms with Gasteiger partial charge >= 0.3 is 0 Å². The molecule has 0 aliphatic rings. The van der Waals surface area contributed by atoms with Crippen molar-refractivity contribution in [3.05, 3.63) is 101 Å². The lowest BCUT2D eigenvalue weighted by molar-refractivity contribution is 0.0755. The molecule has 10 heteroatoms. The van der Waals surface area contributed by atoms with Gasteiger partial charge in [0, 0.05) is 36.8 Å². The number of amides is 1. The van der Waals surface area contributed by atoms with Crippen LogP contribution in [0, 0.1) is 11.6 Å². The number of hydrogen-bond acceptors (Lipinski definition) is 5. The zero-order valence-corrected chi connectivity index (χ0v) is 25.4. The summed E-state index contributed by atoms with van der Waals surface area (Å²) in [6, 6.07) is 17.1. The summed E-state index contributed by atoms with van der Waals surface area (Å²) < 4.78 is 57.6. The van der Waals surface area contributed by atoms with E-state index in [4.69, 9.17) is 0 Å². The predicted octanol–water partition coefficient (Wildman–Crippen LogP) is 5.00. The summed E-state index contributed by atoms with van der Waals surface area (Å²) in [4.78, 5) is 14.7. The van der Waals surface area contributed by atoms with Crippen LogP contribution in [-0.2, 0) is 22.0 Å². The third kappa shape index (κ3) is 9.16. The summed E-state index contributed by atoms with van der Waals surface area (Å²) in [6.07, 6.45) is 0.0759. The number of carbonyl (C=O) groups is 1. The van der Waals surface area contributed by atoms with Crippen LogP contribution in [0.15, 0.2) is 77.7 Å². The van der Waals surface area contributed by atoms with Crippen molar-refractivity contribution >= 4 is 15.9 Å². The van der Waals surface area contributed by atoms with Gasteiger partial charge < -0.3 is 15.3 Å². The third-order valence-electron chi connectivity index (χ3n) is 7.06. The van der Waals surface area contributed by atoms with Crippen molar-refractivity contribution in [3.8, 4) is 0 Å². The maximum absolute atomic E-state index is 14.0. The second-order valence-electron chi connectivity index (χ2n) is 11.0. The van der Waals surface area contributed by atoms with E-state index in [1.807, 2.05) is 58.0 Å². The number of carbonyl (C=O) groups excluding carboxylic acids is 1. The number of rotatable bonds is 15. The van der Waals surface area contributed by atoms with E-state index in [0.717, 1.165) is 36.6 Å². The van der Waals surface area contributed by atoms with Gasteiger partial charge in [0.2, 0.25) is 10.0 Å². The van der Waals surface area contributed by atoms with Gasteiger partial charge in [0.25, 0.3) is 5.91 Å². The van der Waals surface area contributed by atoms with Crippen molar-refractivity contribution in [2.24, 2.45) is 0 Å². The number of aliphatic hydroxyl groups is 1. The molecule has 42 heavy (non-hydrogen) atoms. The molecule has 3 N–H and O–H groups in total. The quantitative estimate of drug-likeness (QED) is 0.228. The van der Waals surface area contributed by atoms with Gasteiger partial charge in [-0.15, -0.1) is 0 Å². The van der Waals surface area contributed by atoms with E-state index >= 15 is 0 Å². The molecule has 3 aromatic rings. The maximum Gasteiger partial charge on any atom is 0.253 e. The summed E-state index contributed by atoms with van der Waals surface area (Å²) in [6.45, 7) is 8.87. The SMILES string of the molecule is CCCN(CCC)C(=O)c1cccc(S(=O)(=O)N[C@@H](Cc2cc(F)cc(F)c2)[C@@H](O)CNC(C)(C)c2ccccc2)c1. The normalized spacial score (nSPS) is 13.5.